The van der Waals surface area contributed by atoms with Gasteiger partial charge in [0, 0.05) is 64.6 Å². The number of aryl methyl sites for hydroxylation is 2. The zero-order valence-electron chi connectivity index (χ0n) is 21.4. The fourth-order valence-corrected chi connectivity index (χ4v) is 5.88. The van der Waals surface area contributed by atoms with Crippen LogP contribution in [0.5, 0.6) is 5.75 Å². The van der Waals surface area contributed by atoms with E-state index >= 15 is 0 Å². The van der Waals surface area contributed by atoms with Crippen LogP contribution in [0.2, 0.25) is 5.02 Å². The van der Waals surface area contributed by atoms with Gasteiger partial charge in [-0.05, 0) is 81.0 Å². The number of nitrogens with zero attached hydrogens (tertiary/aromatic N) is 1. The van der Waals surface area contributed by atoms with E-state index in [-0.39, 0.29) is 24.1 Å². The maximum atomic E-state index is 13.3. The van der Waals surface area contributed by atoms with E-state index in [1.54, 1.807) is 18.2 Å². The van der Waals surface area contributed by atoms with Gasteiger partial charge in [0.2, 0.25) is 0 Å². The van der Waals surface area contributed by atoms with Crippen molar-refractivity contribution in [1.29, 1.82) is 0 Å². The molecule has 3 aliphatic rings. The number of nitrogens with one attached hydrogen (secondary N) is 1. The van der Waals surface area contributed by atoms with Crippen LogP contribution in [0.1, 0.15) is 61.1 Å². The number of allylic oxidation sites excluding steroid dienone is 4. The molecule has 0 radical (unpaired) electrons. The van der Waals surface area contributed by atoms with E-state index in [9.17, 15) is 14.4 Å². The lowest BCUT2D eigenvalue weighted by Crippen LogP contribution is -2.37. The zero-order chi connectivity index (χ0) is 26.3. The Bertz CT molecular complexity index is 1330. The molecule has 2 aliphatic carbocycles. The number of carbonyl (C=O) groups excluding carboxylic acids is 3. The van der Waals surface area contributed by atoms with E-state index in [1.165, 1.54) is 0 Å². The standard InChI is InChI=1S/C30H31ClN2O4/c1-17-10-12-20(14-18(17)2)32-27(36)16-37-26-13-11-19(31)15-21(26)28-29-22(6-4-8-24(29)34)33(3)23-7-5-9-25(35)30(23)28/h10-15,28H,4-9,16H2,1-3H3,(H,32,36). The molecule has 37 heavy (non-hydrogen) atoms. The van der Waals surface area contributed by atoms with Crippen LogP contribution in [0.25, 0.3) is 0 Å². The minimum Gasteiger partial charge on any atom is -0.483 e. The highest BCUT2D eigenvalue weighted by molar-refractivity contribution is 6.30. The topological polar surface area (TPSA) is 75.7 Å². The molecule has 2 aromatic rings. The Labute approximate surface area is 222 Å². The highest BCUT2D eigenvalue weighted by atomic mass is 35.5. The first kappa shape index (κ1) is 25.3. The van der Waals surface area contributed by atoms with Gasteiger partial charge in [-0.15, -0.1) is 0 Å². The first-order valence-corrected chi connectivity index (χ1v) is 13.2. The third kappa shape index (κ3) is 4.82. The predicted molar refractivity (Wildman–Crippen MR) is 144 cm³/mol. The number of carbonyl (C=O) groups is 3. The summed E-state index contributed by atoms with van der Waals surface area (Å²) < 4.78 is 6.04. The molecule has 192 valence electrons. The molecule has 0 saturated carbocycles. The van der Waals surface area contributed by atoms with Crippen LogP contribution >= 0.6 is 11.6 Å². The largest absolute Gasteiger partial charge is 0.483 e. The van der Waals surface area contributed by atoms with Crippen molar-refractivity contribution < 1.29 is 19.1 Å². The lowest BCUT2D eigenvalue weighted by molar-refractivity contribution is -0.119. The Kier molecular flexibility index (Phi) is 6.95. The molecular weight excluding hydrogens is 488 g/mol. The highest BCUT2D eigenvalue weighted by Crippen LogP contribution is 2.50. The molecule has 5 rings (SSSR count). The highest BCUT2D eigenvalue weighted by Gasteiger charge is 2.43. The van der Waals surface area contributed by atoms with Crippen LogP contribution < -0.4 is 10.1 Å². The normalized spacial score (nSPS) is 18.1. The average Bonchev–Trinajstić information content (AvgIpc) is 2.87. The van der Waals surface area contributed by atoms with Crippen molar-refractivity contribution in [3.63, 3.8) is 0 Å². The second-order valence-corrected chi connectivity index (χ2v) is 10.5. The fraction of sp³-hybridized carbons (Fsp3) is 0.367. The number of rotatable bonds is 5. The second-order valence-electron chi connectivity index (χ2n) is 10.1. The number of amides is 1. The van der Waals surface area contributed by atoms with Crippen LogP contribution in [0.15, 0.2) is 58.9 Å². The molecule has 0 aromatic heterocycles. The Balaban J connectivity index is 1.50. The van der Waals surface area contributed by atoms with Gasteiger partial charge in [-0.2, -0.15) is 0 Å². The molecule has 1 N–H and O–H groups in total. The summed E-state index contributed by atoms with van der Waals surface area (Å²) in [7, 11) is 1.96. The molecule has 0 spiro atoms. The summed E-state index contributed by atoms with van der Waals surface area (Å²) in [4.78, 5) is 41.4. The molecule has 0 atom stereocenters. The molecular formula is C30H31ClN2O4. The van der Waals surface area contributed by atoms with E-state index in [4.69, 9.17) is 16.3 Å². The Morgan fingerprint density at radius 3 is 2.22 bits per heavy atom. The maximum absolute atomic E-state index is 13.3. The van der Waals surface area contributed by atoms with E-state index in [0.717, 1.165) is 48.2 Å². The molecule has 1 aliphatic heterocycles. The van der Waals surface area contributed by atoms with Crippen molar-refractivity contribution >= 4 is 34.8 Å². The summed E-state index contributed by atoms with van der Waals surface area (Å²) >= 11 is 6.44. The van der Waals surface area contributed by atoms with Crippen molar-refractivity contribution in [2.45, 2.75) is 58.3 Å². The first-order chi connectivity index (χ1) is 17.7. The van der Waals surface area contributed by atoms with Crippen molar-refractivity contribution in [1.82, 2.24) is 4.90 Å². The van der Waals surface area contributed by atoms with E-state index in [0.29, 0.717) is 46.0 Å². The summed E-state index contributed by atoms with van der Waals surface area (Å²) in [6, 6.07) is 10.9. The number of hydrogen-bond acceptors (Lipinski definition) is 5. The maximum Gasteiger partial charge on any atom is 0.262 e. The Hall–Kier alpha value is -3.38. The van der Waals surface area contributed by atoms with Gasteiger partial charge in [-0.3, -0.25) is 14.4 Å². The number of halogens is 1. The fourth-order valence-electron chi connectivity index (χ4n) is 5.70. The summed E-state index contributed by atoms with van der Waals surface area (Å²) in [6.07, 6.45) is 4.07. The second kappa shape index (κ2) is 10.2. The quantitative estimate of drug-likeness (QED) is 0.524. The lowest BCUT2D eigenvalue weighted by atomic mass is 9.71. The molecule has 0 unspecified atom stereocenters. The van der Waals surface area contributed by atoms with E-state index in [2.05, 4.69) is 10.2 Å². The molecule has 7 heteroatoms. The molecule has 1 amide bonds. The summed E-state index contributed by atoms with van der Waals surface area (Å²) in [5, 5.41) is 3.36. The minimum atomic E-state index is -0.543. The number of anilines is 1. The third-order valence-corrected chi connectivity index (χ3v) is 7.91. The zero-order valence-corrected chi connectivity index (χ0v) is 22.2. The molecule has 0 bridgehead atoms. The van der Waals surface area contributed by atoms with Gasteiger partial charge in [0.15, 0.2) is 18.2 Å². The lowest BCUT2D eigenvalue weighted by Gasteiger charge is -2.42. The first-order valence-electron chi connectivity index (χ1n) is 12.8. The van der Waals surface area contributed by atoms with Crippen LogP contribution in [0.4, 0.5) is 5.69 Å². The molecule has 6 nitrogen and oxygen atoms in total. The molecule has 0 saturated heterocycles. The van der Waals surface area contributed by atoms with Gasteiger partial charge in [-0.1, -0.05) is 17.7 Å². The number of benzene rings is 2. The van der Waals surface area contributed by atoms with Gasteiger partial charge < -0.3 is 15.0 Å². The van der Waals surface area contributed by atoms with Crippen molar-refractivity contribution in [3.05, 3.63) is 80.7 Å². The Morgan fingerprint density at radius 1 is 0.946 bits per heavy atom. The van der Waals surface area contributed by atoms with Crippen LogP contribution in [-0.4, -0.2) is 36.0 Å². The molecule has 2 aromatic carbocycles. The Morgan fingerprint density at radius 2 is 1.59 bits per heavy atom. The number of Topliss-reactive ketones (excluding diaryl/α,β-unsaturated/α-hetero) is 2. The summed E-state index contributed by atoms with van der Waals surface area (Å²) in [5.74, 6) is -0.277. The summed E-state index contributed by atoms with van der Waals surface area (Å²) in [5.41, 5.74) is 6.88. The van der Waals surface area contributed by atoms with E-state index < -0.39 is 5.92 Å². The number of hydrogen-bond donors (Lipinski definition) is 1. The summed E-state index contributed by atoms with van der Waals surface area (Å²) in [6.45, 7) is 3.80. The van der Waals surface area contributed by atoms with Crippen molar-refractivity contribution in [2.24, 2.45) is 0 Å². The number of ketones is 2. The molecule has 0 fully saturated rings. The monoisotopic (exact) mass is 518 g/mol. The van der Waals surface area contributed by atoms with Gasteiger partial charge in [0.25, 0.3) is 5.91 Å². The van der Waals surface area contributed by atoms with Crippen LogP contribution in [0, 0.1) is 13.8 Å². The van der Waals surface area contributed by atoms with Crippen LogP contribution in [0.3, 0.4) is 0 Å². The van der Waals surface area contributed by atoms with Gasteiger partial charge >= 0.3 is 0 Å². The van der Waals surface area contributed by atoms with E-state index in [1.807, 2.05) is 39.1 Å². The number of ether oxygens (including phenoxy) is 1. The van der Waals surface area contributed by atoms with Crippen molar-refractivity contribution in [2.75, 3.05) is 19.0 Å². The van der Waals surface area contributed by atoms with Gasteiger partial charge in [0.05, 0.1) is 0 Å². The minimum absolute atomic E-state index is 0.0569. The van der Waals surface area contributed by atoms with Gasteiger partial charge in [-0.25, -0.2) is 0 Å². The van der Waals surface area contributed by atoms with Gasteiger partial charge in [0.1, 0.15) is 5.75 Å². The smallest absolute Gasteiger partial charge is 0.262 e. The van der Waals surface area contributed by atoms with Crippen LogP contribution in [-0.2, 0) is 14.4 Å². The van der Waals surface area contributed by atoms with Crippen molar-refractivity contribution in [3.8, 4) is 5.75 Å². The SMILES string of the molecule is Cc1ccc(NC(=O)COc2ccc(Cl)cc2C2C3=C(CCCC3=O)N(C)C3=C2C(=O)CCC3)cc1C. The third-order valence-electron chi connectivity index (χ3n) is 7.68. The average molecular weight is 519 g/mol. The molecule has 1 heterocycles. The predicted octanol–water partition coefficient (Wildman–Crippen LogP) is 6.02.